The Morgan fingerprint density at radius 2 is 2.00 bits per heavy atom. The van der Waals surface area contributed by atoms with Crippen LogP contribution >= 0.6 is 0 Å². The van der Waals surface area contributed by atoms with Crippen LogP contribution < -0.4 is 14.8 Å². The monoisotopic (exact) mass is 516 g/mol. The molecule has 2 unspecified atom stereocenters. The van der Waals surface area contributed by atoms with Crippen LogP contribution in [-0.2, 0) is 16.0 Å². The summed E-state index contributed by atoms with van der Waals surface area (Å²) >= 11 is 0. The number of aryl methyl sites for hydroxylation is 1. The van der Waals surface area contributed by atoms with Gasteiger partial charge in [-0.1, -0.05) is 42.5 Å². The minimum Gasteiger partial charge on any atom is -0.497 e. The SMILES string of the molecule is COc1cccc(C2=CC[C@@H](CC(=O)NC(CN3CCCC3)C(OC)c3ccc4c(c3)OCCC4)C=C2)c1. The maximum absolute atomic E-state index is 13.3. The molecule has 1 amide bonds. The first-order chi connectivity index (χ1) is 18.6. The number of carbonyl (C=O) groups excluding carboxylic acids is 1. The van der Waals surface area contributed by atoms with Crippen LogP contribution in [0.2, 0.25) is 0 Å². The van der Waals surface area contributed by atoms with Gasteiger partial charge >= 0.3 is 0 Å². The molecule has 1 N–H and O–H groups in total. The first-order valence-corrected chi connectivity index (χ1v) is 14.0. The van der Waals surface area contributed by atoms with E-state index in [1.54, 1.807) is 14.2 Å². The molecule has 0 saturated carbocycles. The van der Waals surface area contributed by atoms with Gasteiger partial charge in [-0.3, -0.25) is 4.79 Å². The van der Waals surface area contributed by atoms with Gasteiger partial charge in [0.2, 0.25) is 5.91 Å². The summed E-state index contributed by atoms with van der Waals surface area (Å²) in [4.78, 5) is 15.8. The van der Waals surface area contributed by atoms with Crippen LogP contribution in [0.15, 0.2) is 60.7 Å². The lowest BCUT2D eigenvalue weighted by Gasteiger charge is -2.32. The summed E-state index contributed by atoms with van der Waals surface area (Å²) < 4.78 is 17.3. The zero-order valence-electron chi connectivity index (χ0n) is 22.7. The molecule has 2 heterocycles. The molecule has 0 radical (unpaired) electrons. The lowest BCUT2D eigenvalue weighted by molar-refractivity contribution is -0.123. The molecule has 1 fully saturated rings. The van der Waals surface area contributed by atoms with Crippen LogP contribution in [0.1, 0.15) is 54.9 Å². The minimum absolute atomic E-state index is 0.0679. The summed E-state index contributed by atoms with van der Waals surface area (Å²) in [6.45, 7) is 3.67. The number of rotatable bonds is 10. The summed E-state index contributed by atoms with van der Waals surface area (Å²) in [5, 5.41) is 3.36. The van der Waals surface area contributed by atoms with Crippen molar-refractivity contribution >= 4 is 11.5 Å². The van der Waals surface area contributed by atoms with Crippen molar-refractivity contribution in [2.24, 2.45) is 5.92 Å². The molecule has 2 aliphatic heterocycles. The van der Waals surface area contributed by atoms with Crippen molar-refractivity contribution in [1.29, 1.82) is 0 Å². The highest BCUT2D eigenvalue weighted by atomic mass is 16.5. The largest absolute Gasteiger partial charge is 0.497 e. The van der Waals surface area contributed by atoms with E-state index in [1.165, 1.54) is 24.0 Å². The second-order valence-corrected chi connectivity index (χ2v) is 10.6. The molecule has 5 rings (SSSR count). The van der Waals surface area contributed by atoms with Gasteiger partial charge in [-0.2, -0.15) is 0 Å². The first kappa shape index (κ1) is 26.5. The van der Waals surface area contributed by atoms with Gasteiger partial charge in [0, 0.05) is 20.1 Å². The number of methoxy groups -OCH3 is 2. The standard InChI is InChI=1S/C32H40N2O4/c1-36-28-9-5-7-26(20-28)24-12-10-23(11-13-24)19-31(35)33-29(22-34-16-3-4-17-34)32(37-2)27-15-14-25-8-6-18-38-30(25)21-27/h5,7,9-10,12-15,20-21,23,29,32H,3-4,6,8,11,16-19,22H2,1-2H3,(H,33,35)/t23-,29?,32?/m0/s1. The van der Waals surface area contributed by atoms with Crippen LogP contribution in [0.4, 0.5) is 0 Å². The van der Waals surface area contributed by atoms with E-state index in [2.05, 4.69) is 52.7 Å². The average molecular weight is 517 g/mol. The van der Waals surface area contributed by atoms with E-state index in [4.69, 9.17) is 14.2 Å². The van der Waals surface area contributed by atoms with Crippen LogP contribution in [0.3, 0.4) is 0 Å². The molecular weight excluding hydrogens is 476 g/mol. The van der Waals surface area contributed by atoms with Crippen molar-refractivity contribution in [3.05, 3.63) is 77.4 Å². The number of fused-ring (bicyclic) bond motifs is 1. The van der Waals surface area contributed by atoms with Crippen molar-refractivity contribution in [3.8, 4) is 11.5 Å². The van der Waals surface area contributed by atoms with E-state index in [-0.39, 0.29) is 24.0 Å². The fourth-order valence-electron chi connectivity index (χ4n) is 5.86. The Hall–Kier alpha value is -3.09. The molecule has 1 saturated heterocycles. The zero-order valence-corrected chi connectivity index (χ0v) is 22.7. The molecule has 3 aliphatic rings. The van der Waals surface area contributed by atoms with E-state index >= 15 is 0 Å². The molecule has 1 aliphatic carbocycles. The van der Waals surface area contributed by atoms with Gasteiger partial charge in [0.1, 0.15) is 17.6 Å². The fourth-order valence-corrected chi connectivity index (χ4v) is 5.86. The summed E-state index contributed by atoms with van der Waals surface area (Å²) in [5.41, 5.74) is 4.61. The van der Waals surface area contributed by atoms with E-state index < -0.39 is 0 Å². The molecule has 0 spiro atoms. The quantitative estimate of drug-likeness (QED) is 0.462. The molecule has 38 heavy (non-hydrogen) atoms. The van der Waals surface area contributed by atoms with Crippen molar-refractivity contribution in [2.75, 3.05) is 40.5 Å². The van der Waals surface area contributed by atoms with Crippen LogP contribution in [0.5, 0.6) is 11.5 Å². The normalized spacial score (nSPS) is 20.7. The summed E-state index contributed by atoms with van der Waals surface area (Å²) in [6, 6.07) is 14.4. The highest BCUT2D eigenvalue weighted by Gasteiger charge is 2.29. The molecule has 0 aromatic heterocycles. The minimum atomic E-state index is -0.239. The number of allylic oxidation sites excluding steroid dienone is 4. The summed E-state index contributed by atoms with van der Waals surface area (Å²) in [7, 11) is 3.42. The number of ether oxygens (including phenoxy) is 3. The third-order valence-electron chi connectivity index (χ3n) is 7.93. The molecule has 6 heteroatoms. The zero-order chi connectivity index (χ0) is 26.3. The maximum Gasteiger partial charge on any atom is 0.220 e. The van der Waals surface area contributed by atoms with Gasteiger partial charge in [0.15, 0.2) is 0 Å². The first-order valence-electron chi connectivity index (χ1n) is 14.0. The van der Waals surface area contributed by atoms with E-state index in [0.29, 0.717) is 6.42 Å². The van der Waals surface area contributed by atoms with Crippen molar-refractivity contribution < 1.29 is 19.0 Å². The summed E-state index contributed by atoms with van der Waals surface area (Å²) in [6.07, 6.45) is 12.1. The van der Waals surface area contributed by atoms with Gasteiger partial charge in [0.05, 0.1) is 19.8 Å². The molecule has 2 aromatic rings. The molecule has 0 bridgehead atoms. The second kappa shape index (κ2) is 12.6. The Balaban J connectivity index is 1.25. The van der Waals surface area contributed by atoms with Gasteiger partial charge in [-0.15, -0.1) is 0 Å². The third-order valence-corrected chi connectivity index (χ3v) is 7.93. The fraction of sp³-hybridized carbons (Fsp3) is 0.469. The van der Waals surface area contributed by atoms with Gasteiger partial charge in [-0.05, 0) is 91.6 Å². The van der Waals surface area contributed by atoms with E-state index in [1.807, 2.05) is 18.2 Å². The third kappa shape index (κ3) is 6.48. The number of nitrogens with one attached hydrogen (secondary N) is 1. The predicted octanol–water partition coefficient (Wildman–Crippen LogP) is 5.34. The maximum atomic E-state index is 13.3. The van der Waals surface area contributed by atoms with Crippen molar-refractivity contribution in [2.45, 2.75) is 50.7 Å². The average Bonchev–Trinajstić information content (AvgIpc) is 3.47. The summed E-state index contributed by atoms with van der Waals surface area (Å²) in [5.74, 6) is 2.04. The Labute approximate surface area is 226 Å². The predicted molar refractivity (Wildman–Crippen MR) is 150 cm³/mol. The Bertz CT molecular complexity index is 1170. The topological polar surface area (TPSA) is 60.0 Å². The smallest absolute Gasteiger partial charge is 0.220 e. The number of nitrogens with zero attached hydrogens (tertiary/aromatic N) is 1. The molecule has 3 atom stereocenters. The van der Waals surface area contributed by atoms with E-state index in [9.17, 15) is 4.79 Å². The highest BCUT2D eigenvalue weighted by molar-refractivity contribution is 5.79. The number of benzene rings is 2. The van der Waals surface area contributed by atoms with Gasteiger partial charge in [0.25, 0.3) is 0 Å². The number of hydrogen-bond donors (Lipinski definition) is 1. The van der Waals surface area contributed by atoms with Crippen LogP contribution in [0.25, 0.3) is 5.57 Å². The molecular formula is C32H40N2O4. The molecule has 2 aromatic carbocycles. The van der Waals surface area contributed by atoms with Gasteiger partial charge < -0.3 is 24.4 Å². The molecule has 202 valence electrons. The Morgan fingerprint density at radius 3 is 2.76 bits per heavy atom. The Kier molecular flexibility index (Phi) is 8.82. The number of likely N-dealkylation sites (tertiary alicyclic amines) is 1. The van der Waals surface area contributed by atoms with Crippen LogP contribution in [0, 0.1) is 5.92 Å². The lowest BCUT2D eigenvalue weighted by Crippen LogP contribution is -2.47. The van der Waals surface area contributed by atoms with E-state index in [0.717, 1.165) is 68.1 Å². The molecule has 6 nitrogen and oxygen atoms in total. The van der Waals surface area contributed by atoms with Crippen molar-refractivity contribution in [1.82, 2.24) is 10.2 Å². The highest BCUT2D eigenvalue weighted by Crippen LogP contribution is 2.32. The second-order valence-electron chi connectivity index (χ2n) is 10.6. The van der Waals surface area contributed by atoms with Crippen LogP contribution in [-0.4, -0.2) is 57.3 Å². The number of amides is 1. The Morgan fingerprint density at radius 1 is 1.13 bits per heavy atom. The number of hydrogen-bond acceptors (Lipinski definition) is 5. The van der Waals surface area contributed by atoms with Crippen molar-refractivity contribution in [3.63, 3.8) is 0 Å². The van der Waals surface area contributed by atoms with Gasteiger partial charge in [-0.25, -0.2) is 0 Å². The number of carbonyl (C=O) groups is 1. The lowest BCUT2D eigenvalue weighted by atomic mass is 9.90.